The van der Waals surface area contributed by atoms with E-state index in [0.29, 0.717) is 0 Å². The van der Waals surface area contributed by atoms with Crippen LogP contribution in [0.25, 0.3) is 0 Å². The third-order valence-electron chi connectivity index (χ3n) is 4.77. The maximum absolute atomic E-state index is 12.6. The molecule has 2 aromatic carbocycles. The van der Waals surface area contributed by atoms with Crippen molar-refractivity contribution in [1.82, 2.24) is 0 Å². The van der Waals surface area contributed by atoms with Gasteiger partial charge in [-0.05, 0) is 11.1 Å². The molecule has 1 fully saturated rings. The minimum absolute atomic E-state index is 0.115. The summed E-state index contributed by atoms with van der Waals surface area (Å²) in [4.78, 5) is 24.6. The number of esters is 1. The fourth-order valence-corrected chi connectivity index (χ4v) is 3.74. The van der Waals surface area contributed by atoms with E-state index >= 15 is 0 Å². The number of carboxylic acid groups (broad SMARTS) is 1. The van der Waals surface area contributed by atoms with Gasteiger partial charge in [0.15, 0.2) is 6.61 Å². The quantitative estimate of drug-likeness (QED) is 0.674. The van der Waals surface area contributed by atoms with Crippen LogP contribution in [-0.4, -0.2) is 23.7 Å². The SMILES string of the molecule is C#CCOC(=O)C1[C@H](c2ccccc2)C(C(=O)O)[C@H]1c1ccccc1. The molecule has 2 atom stereocenters. The molecule has 4 nitrogen and oxygen atoms in total. The summed E-state index contributed by atoms with van der Waals surface area (Å²) < 4.78 is 5.16. The predicted octanol–water partition coefficient (Wildman–Crippen LogP) is 3.06. The summed E-state index contributed by atoms with van der Waals surface area (Å²) in [5.74, 6) is -1.20. The number of ether oxygens (including phenoxy) is 1. The molecule has 0 saturated heterocycles. The third-order valence-corrected chi connectivity index (χ3v) is 4.77. The van der Waals surface area contributed by atoms with Crippen LogP contribution in [0.5, 0.6) is 0 Å². The highest BCUT2D eigenvalue weighted by molar-refractivity contribution is 5.84. The lowest BCUT2D eigenvalue weighted by Crippen LogP contribution is -2.51. The van der Waals surface area contributed by atoms with E-state index in [2.05, 4.69) is 5.92 Å². The number of carbonyl (C=O) groups is 2. The highest BCUT2D eigenvalue weighted by atomic mass is 16.5. The van der Waals surface area contributed by atoms with E-state index in [9.17, 15) is 14.7 Å². The van der Waals surface area contributed by atoms with E-state index in [1.807, 2.05) is 60.7 Å². The molecule has 1 aliphatic carbocycles. The highest BCUT2D eigenvalue weighted by Gasteiger charge is 2.59. The van der Waals surface area contributed by atoms with Crippen molar-refractivity contribution >= 4 is 11.9 Å². The zero-order chi connectivity index (χ0) is 17.8. The van der Waals surface area contributed by atoms with Gasteiger partial charge in [-0.2, -0.15) is 0 Å². The van der Waals surface area contributed by atoms with Crippen LogP contribution in [0.2, 0.25) is 0 Å². The first-order valence-electron chi connectivity index (χ1n) is 8.08. The zero-order valence-corrected chi connectivity index (χ0v) is 13.5. The Morgan fingerprint density at radius 1 is 0.920 bits per heavy atom. The first-order valence-corrected chi connectivity index (χ1v) is 8.08. The summed E-state index contributed by atoms with van der Waals surface area (Å²) in [5, 5.41) is 9.79. The largest absolute Gasteiger partial charge is 0.481 e. The Kier molecular flexibility index (Phi) is 4.85. The molecule has 126 valence electrons. The smallest absolute Gasteiger partial charge is 0.311 e. The minimum atomic E-state index is -0.913. The van der Waals surface area contributed by atoms with Crippen molar-refractivity contribution in [2.24, 2.45) is 11.8 Å². The summed E-state index contributed by atoms with van der Waals surface area (Å²) in [5.41, 5.74) is 1.65. The van der Waals surface area contributed by atoms with Crippen LogP contribution in [0.3, 0.4) is 0 Å². The fourth-order valence-electron chi connectivity index (χ4n) is 3.74. The molecular weight excluding hydrogens is 316 g/mol. The van der Waals surface area contributed by atoms with E-state index < -0.39 is 35.6 Å². The molecular formula is C21H18O4. The first-order chi connectivity index (χ1) is 12.1. The Hall–Kier alpha value is -3.06. The van der Waals surface area contributed by atoms with Gasteiger partial charge in [0.2, 0.25) is 0 Å². The lowest BCUT2D eigenvalue weighted by Gasteiger charge is -2.48. The molecule has 1 N–H and O–H groups in total. The Bertz CT molecular complexity index is 744. The van der Waals surface area contributed by atoms with Gasteiger partial charge in [0.1, 0.15) is 0 Å². The summed E-state index contributed by atoms with van der Waals surface area (Å²) >= 11 is 0. The number of rotatable bonds is 5. The second-order valence-corrected chi connectivity index (χ2v) is 6.07. The second kappa shape index (κ2) is 7.23. The highest BCUT2D eigenvalue weighted by Crippen LogP contribution is 2.57. The topological polar surface area (TPSA) is 63.6 Å². The van der Waals surface area contributed by atoms with Gasteiger partial charge >= 0.3 is 11.9 Å². The van der Waals surface area contributed by atoms with Crippen LogP contribution in [0, 0.1) is 24.2 Å². The van der Waals surface area contributed by atoms with Crippen LogP contribution in [-0.2, 0) is 14.3 Å². The van der Waals surface area contributed by atoms with E-state index in [-0.39, 0.29) is 6.61 Å². The van der Waals surface area contributed by atoms with Gasteiger partial charge in [-0.1, -0.05) is 66.6 Å². The molecule has 25 heavy (non-hydrogen) atoms. The van der Waals surface area contributed by atoms with Gasteiger partial charge in [-0.3, -0.25) is 9.59 Å². The van der Waals surface area contributed by atoms with Crippen molar-refractivity contribution in [1.29, 1.82) is 0 Å². The number of aliphatic carboxylic acids is 1. The van der Waals surface area contributed by atoms with E-state index in [1.54, 1.807) is 0 Å². The molecule has 3 rings (SSSR count). The fraction of sp³-hybridized carbons (Fsp3) is 0.238. The standard InChI is InChI=1S/C21H18O4/c1-2-13-25-21(24)19-16(14-9-5-3-6-10-14)18(20(22)23)17(19)15-11-7-4-8-12-15/h1,3-12,16-19H,13H2,(H,22,23)/t16-,17-,18?,19?/m1/s1. The third kappa shape index (κ3) is 3.14. The molecule has 0 aliphatic heterocycles. The van der Waals surface area contributed by atoms with Crippen molar-refractivity contribution < 1.29 is 19.4 Å². The van der Waals surface area contributed by atoms with Crippen LogP contribution >= 0.6 is 0 Å². The number of carbonyl (C=O) groups excluding carboxylic acids is 1. The van der Waals surface area contributed by atoms with E-state index in [4.69, 9.17) is 11.2 Å². The molecule has 0 amide bonds. The minimum Gasteiger partial charge on any atom is -0.481 e. The number of carboxylic acids is 1. The second-order valence-electron chi connectivity index (χ2n) is 6.07. The summed E-state index contributed by atoms with van der Waals surface area (Å²) in [7, 11) is 0. The van der Waals surface area contributed by atoms with Gasteiger partial charge in [-0.25, -0.2) is 0 Å². The van der Waals surface area contributed by atoms with Crippen molar-refractivity contribution in [3.8, 4) is 12.3 Å². The Labute approximate surface area is 146 Å². The number of hydrogen-bond acceptors (Lipinski definition) is 3. The Balaban J connectivity index is 2.01. The number of benzene rings is 2. The van der Waals surface area contributed by atoms with Crippen LogP contribution < -0.4 is 0 Å². The average Bonchev–Trinajstić information content (AvgIpc) is 2.60. The molecule has 0 radical (unpaired) electrons. The number of terminal acetylenes is 1. The molecule has 0 heterocycles. The van der Waals surface area contributed by atoms with E-state index in [1.165, 1.54) is 0 Å². The van der Waals surface area contributed by atoms with E-state index in [0.717, 1.165) is 11.1 Å². The molecule has 0 unspecified atom stereocenters. The first kappa shape index (κ1) is 16.8. The van der Waals surface area contributed by atoms with Crippen molar-refractivity contribution in [2.45, 2.75) is 11.8 Å². The molecule has 2 aromatic rings. The lowest BCUT2D eigenvalue weighted by molar-refractivity contribution is -0.163. The molecule has 1 saturated carbocycles. The van der Waals surface area contributed by atoms with Crippen LogP contribution in [0.4, 0.5) is 0 Å². The average molecular weight is 334 g/mol. The van der Waals surface area contributed by atoms with Gasteiger partial charge in [0.25, 0.3) is 0 Å². The molecule has 4 heteroatoms. The molecule has 0 spiro atoms. The van der Waals surface area contributed by atoms with Crippen molar-refractivity contribution in [3.63, 3.8) is 0 Å². The van der Waals surface area contributed by atoms with Crippen LogP contribution in [0.15, 0.2) is 60.7 Å². The van der Waals surface area contributed by atoms with Crippen LogP contribution in [0.1, 0.15) is 23.0 Å². The summed E-state index contributed by atoms with van der Waals surface area (Å²) in [6, 6.07) is 18.5. The monoisotopic (exact) mass is 334 g/mol. The van der Waals surface area contributed by atoms with Crippen molar-refractivity contribution in [3.05, 3.63) is 71.8 Å². The normalized spacial score (nSPS) is 24.6. The molecule has 1 aliphatic rings. The lowest BCUT2D eigenvalue weighted by atomic mass is 9.52. The molecule has 0 aromatic heterocycles. The maximum Gasteiger partial charge on any atom is 0.311 e. The summed E-state index contributed by atoms with van der Waals surface area (Å²) in [6.45, 7) is -0.115. The zero-order valence-electron chi connectivity index (χ0n) is 13.5. The van der Waals surface area contributed by atoms with Gasteiger partial charge < -0.3 is 9.84 Å². The Morgan fingerprint density at radius 2 is 1.40 bits per heavy atom. The maximum atomic E-state index is 12.6. The van der Waals surface area contributed by atoms with Gasteiger partial charge in [-0.15, -0.1) is 6.42 Å². The van der Waals surface area contributed by atoms with Gasteiger partial charge in [0.05, 0.1) is 11.8 Å². The Morgan fingerprint density at radius 3 is 1.80 bits per heavy atom. The van der Waals surface area contributed by atoms with Crippen molar-refractivity contribution in [2.75, 3.05) is 6.61 Å². The molecule has 0 bridgehead atoms. The number of hydrogen-bond donors (Lipinski definition) is 1. The van der Waals surface area contributed by atoms with Gasteiger partial charge in [0, 0.05) is 11.8 Å². The summed E-state index contributed by atoms with van der Waals surface area (Å²) in [6.07, 6.45) is 5.18. The predicted molar refractivity (Wildman–Crippen MR) is 92.8 cm³/mol.